The third-order valence-electron chi connectivity index (χ3n) is 2.95. The minimum Gasteiger partial charge on any atom is -0.370 e. The van der Waals surface area contributed by atoms with E-state index in [0.717, 1.165) is 13.1 Å². The molecule has 0 saturated carbocycles. The van der Waals surface area contributed by atoms with E-state index in [2.05, 4.69) is 30.7 Å². The van der Waals surface area contributed by atoms with Gasteiger partial charge in [-0.3, -0.25) is 0 Å². The Hall–Kier alpha value is -1.60. The number of aliphatic imine (C=N–C) groups is 1. The van der Waals surface area contributed by atoms with Gasteiger partial charge in [0.05, 0.1) is 5.69 Å². The van der Waals surface area contributed by atoms with Crippen LogP contribution < -0.4 is 4.90 Å². The summed E-state index contributed by atoms with van der Waals surface area (Å²) in [4.78, 5) is 16.2. The van der Waals surface area contributed by atoms with E-state index < -0.39 is 0 Å². The minimum atomic E-state index is 0.399. The topological polar surface area (TPSA) is 32.7 Å². The summed E-state index contributed by atoms with van der Waals surface area (Å²) in [5, 5.41) is 0. The van der Waals surface area contributed by atoms with Gasteiger partial charge in [-0.1, -0.05) is 19.9 Å². The lowest BCUT2D eigenvalue weighted by atomic mass is 9.83. The van der Waals surface area contributed by atoms with E-state index in [1.165, 1.54) is 11.3 Å². The van der Waals surface area contributed by atoms with Crippen LogP contribution in [0.5, 0.6) is 0 Å². The van der Waals surface area contributed by atoms with Crippen LogP contribution in [0.2, 0.25) is 0 Å². The van der Waals surface area contributed by atoms with E-state index in [1.54, 1.807) is 6.08 Å². The van der Waals surface area contributed by atoms with E-state index >= 15 is 0 Å². The van der Waals surface area contributed by atoms with E-state index in [-0.39, 0.29) is 0 Å². The smallest absolute Gasteiger partial charge is 0.240 e. The molecule has 2 rings (SSSR count). The normalized spacial score (nSPS) is 17.6. The van der Waals surface area contributed by atoms with Crippen molar-refractivity contribution >= 4 is 17.5 Å². The Morgan fingerprint density at radius 2 is 2.06 bits per heavy atom. The van der Waals surface area contributed by atoms with Crippen LogP contribution in [0.15, 0.2) is 23.2 Å². The minimum absolute atomic E-state index is 0.399. The fourth-order valence-corrected chi connectivity index (χ4v) is 2.22. The first-order valence-electron chi connectivity index (χ1n) is 5.45. The Bertz CT molecular complexity index is 451. The fraction of sp³-hybridized carbons (Fsp3) is 0.462. The van der Waals surface area contributed by atoms with Crippen LogP contribution in [-0.2, 0) is 4.79 Å². The number of anilines is 1. The average Bonchev–Trinajstić information content (AvgIpc) is 2.18. The Morgan fingerprint density at radius 3 is 2.62 bits per heavy atom. The highest BCUT2D eigenvalue weighted by molar-refractivity contribution is 5.64. The number of benzene rings is 1. The molecule has 1 fully saturated rings. The molecule has 1 aromatic carbocycles. The number of nitrogens with zero attached hydrogens (tertiary/aromatic N) is 2. The Morgan fingerprint density at radius 1 is 1.38 bits per heavy atom. The van der Waals surface area contributed by atoms with Crippen molar-refractivity contribution in [3.8, 4) is 0 Å². The molecule has 3 nitrogen and oxygen atoms in total. The number of aryl methyl sites for hydroxylation is 1. The van der Waals surface area contributed by atoms with E-state index in [1.807, 2.05) is 18.2 Å². The molecule has 1 aliphatic heterocycles. The van der Waals surface area contributed by atoms with Gasteiger partial charge in [-0.05, 0) is 30.0 Å². The highest BCUT2D eigenvalue weighted by atomic mass is 16.1. The molecular formula is C13H16N2O. The van der Waals surface area contributed by atoms with E-state index in [4.69, 9.17) is 0 Å². The second kappa shape index (κ2) is 3.76. The molecule has 0 aromatic heterocycles. The Kier molecular flexibility index (Phi) is 2.56. The van der Waals surface area contributed by atoms with Crippen LogP contribution in [0.1, 0.15) is 19.4 Å². The second-order valence-electron chi connectivity index (χ2n) is 5.19. The van der Waals surface area contributed by atoms with Crippen LogP contribution in [0, 0.1) is 12.3 Å². The quantitative estimate of drug-likeness (QED) is 0.562. The lowest BCUT2D eigenvalue weighted by Gasteiger charge is -2.48. The van der Waals surface area contributed by atoms with Crippen LogP contribution in [0.25, 0.3) is 0 Å². The van der Waals surface area contributed by atoms with Gasteiger partial charge in [0.1, 0.15) is 0 Å². The third kappa shape index (κ3) is 2.00. The summed E-state index contributed by atoms with van der Waals surface area (Å²) in [5.41, 5.74) is 3.48. The first-order chi connectivity index (χ1) is 7.52. The average molecular weight is 216 g/mol. The summed E-state index contributed by atoms with van der Waals surface area (Å²) >= 11 is 0. The fourth-order valence-electron chi connectivity index (χ4n) is 2.22. The molecule has 84 valence electrons. The molecule has 1 heterocycles. The first kappa shape index (κ1) is 10.9. The molecule has 1 saturated heterocycles. The van der Waals surface area contributed by atoms with Gasteiger partial charge in [0.2, 0.25) is 6.08 Å². The third-order valence-corrected chi connectivity index (χ3v) is 2.95. The summed E-state index contributed by atoms with van der Waals surface area (Å²) < 4.78 is 0. The molecule has 0 atom stereocenters. The van der Waals surface area contributed by atoms with Gasteiger partial charge in [-0.2, -0.15) is 4.99 Å². The van der Waals surface area contributed by atoms with E-state index in [9.17, 15) is 4.79 Å². The van der Waals surface area contributed by atoms with Crippen molar-refractivity contribution in [1.82, 2.24) is 0 Å². The summed E-state index contributed by atoms with van der Waals surface area (Å²) in [6.45, 7) is 8.71. The lowest BCUT2D eigenvalue weighted by molar-refractivity contribution is 0.276. The molecule has 0 spiro atoms. The van der Waals surface area contributed by atoms with Crippen LogP contribution in [-0.4, -0.2) is 19.2 Å². The maximum Gasteiger partial charge on any atom is 0.240 e. The molecule has 16 heavy (non-hydrogen) atoms. The summed E-state index contributed by atoms with van der Waals surface area (Å²) in [6, 6.07) is 5.79. The van der Waals surface area contributed by atoms with Crippen molar-refractivity contribution in [2.24, 2.45) is 10.4 Å². The predicted octanol–water partition coefficient (Wildman–Crippen LogP) is 2.81. The van der Waals surface area contributed by atoms with Crippen LogP contribution in [0.3, 0.4) is 0 Å². The van der Waals surface area contributed by atoms with Gasteiger partial charge >= 0.3 is 0 Å². The summed E-state index contributed by atoms with van der Waals surface area (Å²) in [7, 11) is 0. The highest BCUT2D eigenvalue weighted by Gasteiger charge is 2.34. The van der Waals surface area contributed by atoms with Gasteiger partial charge in [0.25, 0.3) is 0 Å². The van der Waals surface area contributed by atoms with Crippen molar-refractivity contribution in [3.63, 3.8) is 0 Å². The molecule has 0 unspecified atom stereocenters. The van der Waals surface area contributed by atoms with Crippen molar-refractivity contribution in [2.75, 3.05) is 18.0 Å². The van der Waals surface area contributed by atoms with Gasteiger partial charge < -0.3 is 4.90 Å². The van der Waals surface area contributed by atoms with E-state index in [0.29, 0.717) is 11.1 Å². The SMILES string of the molecule is Cc1ccc(N=C=O)cc1N1CC(C)(C)C1. The standard InChI is InChI=1S/C13H16N2O/c1-10-4-5-11(14-9-16)6-12(10)15-7-13(2,3)8-15/h4-6H,7-8H2,1-3H3. The summed E-state index contributed by atoms with van der Waals surface area (Å²) in [6.07, 6.45) is 1.58. The second-order valence-corrected chi connectivity index (χ2v) is 5.19. The van der Waals surface area contributed by atoms with Crippen molar-refractivity contribution < 1.29 is 4.79 Å². The van der Waals surface area contributed by atoms with Crippen LogP contribution in [0.4, 0.5) is 11.4 Å². The molecular weight excluding hydrogens is 200 g/mol. The van der Waals surface area contributed by atoms with Gasteiger partial charge in [-0.25, -0.2) is 4.79 Å². The molecule has 1 aromatic rings. The highest BCUT2D eigenvalue weighted by Crippen LogP contribution is 2.36. The monoisotopic (exact) mass is 216 g/mol. The Balaban J connectivity index is 2.27. The zero-order valence-corrected chi connectivity index (χ0v) is 9.95. The lowest BCUT2D eigenvalue weighted by Crippen LogP contribution is -2.53. The number of hydrogen-bond donors (Lipinski definition) is 0. The molecule has 0 aliphatic carbocycles. The van der Waals surface area contributed by atoms with Crippen LogP contribution >= 0.6 is 0 Å². The van der Waals surface area contributed by atoms with Gasteiger partial charge in [0, 0.05) is 18.8 Å². The first-order valence-corrected chi connectivity index (χ1v) is 5.45. The zero-order valence-electron chi connectivity index (χ0n) is 9.95. The number of carbonyl (C=O) groups excluding carboxylic acids is 1. The Labute approximate surface area is 95.8 Å². The largest absolute Gasteiger partial charge is 0.370 e. The van der Waals surface area contributed by atoms with Gasteiger partial charge in [0.15, 0.2) is 0 Å². The van der Waals surface area contributed by atoms with Crippen molar-refractivity contribution in [3.05, 3.63) is 23.8 Å². The predicted molar refractivity (Wildman–Crippen MR) is 65.0 cm³/mol. The molecule has 0 bridgehead atoms. The molecule has 0 amide bonds. The molecule has 1 aliphatic rings. The molecule has 0 N–H and O–H groups in total. The zero-order chi connectivity index (χ0) is 11.8. The molecule has 0 radical (unpaired) electrons. The maximum absolute atomic E-state index is 10.2. The summed E-state index contributed by atoms with van der Waals surface area (Å²) in [5.74, 6) is 0. The molecule has 3 heteroatoms. The van der Waals surface area contributed by atoms with Gasteiger partial charge in [-0.15, -0.1) is 0 Å². The number of isocyanates is 1. The number of rotatable bonds is 2. The van der Waals surface area contributed by atoms with Crippen molar-refractivity contribution in [1.29, 1.82) is 0 Å². The maximum atomic E-state index is 10.2. The van der Waals surface area contributed by atoms with Crippen molar-refractivity contribution in [2.45, 2.75) is 20.8 Å². The number of hydrogen-bond acceptors (Lipinski definition) is 3.